The lowest BCUT2D eigenvalue weighted by molar-refractivity contribution is 0.123. The summed E-state index contributed by atoms with van der Waals surface area (Å²) in [7, 11) is -3.58. The van der Waals surface area contributed by atoms with Gasteiger partial charge in [0.05, 0.1) is 0 Å². The summed E-state index contributed by atoms with van der Waals surface area (Å²) < 4.78 is 32.3. The fraction of sp³-hybridized carbons (Fsp3) is 0.214. The number of fused-ring (bicyclic) bond motifs is 1. The third kappa shape index (κ3) is 3.07. The van der Waals surface area contributed by atoms with E-state index in [0.717, 1.165) is 16.9 Å². The summed E-state index contributed by atoms with van der Waals surface area (Å²) in [6.07, 6.45) is -0.258. The van der Waals surface area contributed by atoms with Crippen molar-refractivity contribution in [2.24, 2.45) is 0 Å². The first-order valence-electron chi connectivity index (χ1n) is 6.61. The molecule has 6 nitrogen and oxygen atoms in total. The molecular weight excluding hydrogens is 324 g/mol. The molecule has 1 aromatic carbocycles. The molecule has 1 unspecified atom stereocenters. The molecule has 0 fully saturated rings. The van der Waals surface area contributed by atoms with Crippen LogP contribution in [0.15, 0.2) is 39.9 Å². The number of cyclic esters (lactones) is 1. The molecular formula is C14H14N2O4S2. The van der Waals surface area contributed by atoms with E-state index in [0.29, 0.717) is 17.8 Å². The van der Waals surface area contributed by atoms with Gasteiger partial charge in [0, 0.05) is 17.8 Å². The van der Waals surface area contributed by atoms with E-state index < -0.39 is 16.1 Å². The van der Waals surface area contributed by atoms with Crippen molar-refractivity contribution in [1.82, 2.24) is 0 Å². The first kappa shape index (κ1) is 14.9. The smallest absolute Gasteiger partial charge is 0.411 e. The predicted octanol–water partition coefficient (Wildman–Crippen LogP) is 3.04. The highest BCUT2D eigenvalue weighted by Gasteiger charge is 2.21. The lowest BCUT2D eigenvalue weighted by Crippen LogP contribution is -2.17. The molecule has 1 aliphatic rings. The van der Waals surface area contributed by atoms with Crippen LogP contribution in [0.3, 0.4) is 0 Å². The highest BCUT2D eigenvalue weighted by molar-refractivity contribution is 7.94. The van der Waals surface area contributed by atoms with Crippen molar-refractivity contribution in [2.75, 3.05) is 10.0 Å². The molecule has 0 spiro atoms. The number of nitrogens with one attached hydrogen (secondary N) is 2. The third-order valence-electron chi connectivity index (χ3n) is 3.17. The number of carbonyl (C=O) groups is 1. The number of amides is 1. The first-order chi connectivity index (χ1) is 10.4. The van der Waals surface area contributed by atoms with Crippen molar-refractivity contribution in [3.05, 3.63) is 41.3 Å². The van der Waals surface area contributed by atoms with Crippen LogP contribution in [-0.4, -0.2) is 20.6 Å². The monoisotopic (exact) mass is 338 g/mol. The van der Waals surface area contributed by atoms with Crippen molar-refractivity contribution in [3.8, 4) is 0 Å². The summed E-state index contributed by atoms with van der Waals surface area (Å²) >= 11 is 1.15. The second-order valence-electron chi connectivity index (χ2n) is 4.95. The molecule has 1 amide bonds. The van der Waals surface area contributed by atoms with Crippen LogP contribution in [0.25, 0.3) is 0 Å². The zero-order chi connectivity index (χ0) is 15.7. The lowest BCUT2D eigenvalue weighted by Gasteiger charge is -2.11. The molecule has 0 bridgehead atoms. The summed E-state index contributed by atoms with van der Waals surface area (Å²) in [5.41, 5.74) is 1.91. The van der Waals surface area contributed by atoms with Crippen LogP contribution in [0.2, 0.25) is 0 Å². The van der Waals surface area contributed by atoms with Gasteiger partial charge in [0.15, 0.2) is 0 Å². The summed E-state index contributed by atoms with van der Waals surface area (Å²) in [5.74, 6) is 0. The molecule has 3 rings (SSSR count). The SMILES string of the molecule is CC1Cc2cc(NS(=O)(=O)c3cccs3)ccc2NC(=O)O1. The number of ether oxygens (including phenoxy) is 1. The topological polar surface area (TPSA) is 84.5 Å². The Hall–Kier alpha value is -2.06. The minimum absolute atomic E-state index is 0.257. The Morgan fingerprint density at radius 1 is 1.36 bits per heavy atom. The zero-order valence-corrected chi connectivity index (χ0v) is 13.3. The largest absolute Gasteiger partial charge is 0.446 e. The second kappa shape index (κ2) is 5.62. The van der Waals surface area contributed by atoms with E-state index in [9.17, 15) is 13.2 Å². The van der Waals surface area contributed by atoms with Crippen molar-refractivity contribution >= 4 is 38.8 Å². The summed E-state index contributed by atoms with van der Waals surface area (Å²) in [5, 5.41) is 4.34. The molecule has 1 aromatic heterocycles. The zero-order valence-electron chi connectivity index (χ0n) is 11.7. The van der Waals surface area contributed by atoms with Gasteiger partial charge in [-0.15, -0.1) is 11.3 Å². The number of anilines is 2. The average molecular weight is 338 g/mol. The molecule has 116 valence electrons. The van der Waals surface area contributed by atoms with Gasteiger partial charge in [0.2, 0.25) is 0 Å². The Morgan fingerprint density at radius 2 is 2.18 bits per heavy atom. The number of benzene rings is 1. The molecule has 8 heteroatoms. The van der Waals surface area contributed by atoms with E-state index in [1.54, 1.807) is 42.6 Å². The summed E-state index contributed by atoms with van der Waals surface area (Å²) in [6.45, 7) is 1.79. The van der Waals surface area contributed by atoms with Gasteiger partial charge in [-0.2, -0.15) is 0 Å². The van der Waals surface area contributed by atoms with E-state index in [1.807, 2.05) is 0 Å². The molecule has 2 N–H and O–H groups in total. The number of thiophene rings is 1. The van der Waals surface area contributed by atoms with E-state index in [-0.39, 0.29) is 10.3 Å². The lowest BCUT2D eigenvalue weighted by atomic mass is 10.1. The maximum absolute atomic E-state index is 12.2. The molecule has 0 aliphatic carbocycles. The summed E-state index contributed by atoms with van der Waals surface area (Å²) in [6, 6.07) is 8.23. The van der Waals surface area contributed by atoms with Crippen molar-refractivity contribution < 1.29 is 17.9 Å². The van der Waals surface area contributed by atoms with Crippen LogP contribution < -0.4 is 10.0 Å². The van der Waals surface area contributed by atoms with Crippen molar-refractivity contribution in [2.45, 2.75) is 23.7 Å². The summed E-state index contributed by atoms with van der Waals surface area (Å²) in [4.78, 5) is 11.5. The minimum Gasteiger partial charge on any atom is -0.446 e. The first-order valence-corrected chi connectivity index (χ1v) is 8.97. The fourth-order valence-electron chi connectivity index (χ4n) is 2.24. The normalized spacial score (nSPS) is 17.9. The van der Waals surface area contributed by atoms with E-state index in [1.165, 1.54) is 0 Å². The van der Waals surface area contributed by atoms with Crippen molar-refractivity contribution in [3.63, 3.8) is 0 Å². The third-order valence-corrected chi connectivity index (χ3v) is 5.95. The standard InChI is InChI=1S/C14H14N2O4S2/c1-9-7-10-8-11(4-5-12(10)15-14(17)20-9)16-22(18,19)13-3-2-6-21-13/h2-6,8-9,16H,7H2,1H3,(H,15,17). The molecule has 0 saturated carbocycles. The van der Waals surface area contributed by atoms with E-state index in [2.05, 4.69) is 10.0 Å². The van der Waals surface area contributed by atoms with Crippen LogP contribution in [0.1, 0.15) is 12.5 Å². The molecule has 0 saturated heterocycles. The number of hydrogen-bond acceptors (Lipinski definition) is 5. The van der Waals surface area contributed by atoms with E-state index >= 15 is 0 Å². The van der Waals surface area contributed by atoms with Crippen molar-refractivity contribution in [1.29, 1.82) is 0 Å². The second-order valence-corrected chi connectivity index (χ2v) is 7.81. The molecule has 0 radical (unpaired) electrons. The van der Waals surface area contributed by atoms with Crippen LogP contribution in [-0.2, 0) is 21.2 Å². The molecule has 2 heterocycles. The Kier molecular flexibility index (Phi) is 3.79. The van der Waals surface area contributed by atoms with Crippen LogP contribution in [0.4, 0.5) is 16.2 Å². The quantitative estimate of drug-likeness (QED) is 0.901. The Balaban J connectivity index is 1.89. The molecule has 2 aromatic rings. The highest BCUT2D eigenvalue weighted by atomic mass is 32.2. The number of carbonyl (C=O) groups excluding carboxylic acids is 1. The van der Waals surface area contributed by atoms with Gasteiger partial charge in [-0.3, -0.25) is 10.0 Å². The van der Waals surface area contributed by atoms with Gasteiger partial charge in [-0.25, -0.2) is 13.2 Å². The maximum Gasteiger partial charge on any atom is 0.411 e. The maximum atomic E-state index is 12.2. The number of hydrogen-bond donors (Lipinski definition) is 2. The molecule has 1 aliphatic heterocycles. The van der Waals surface area contributed by atoms with Crippen LogP contribution >= 0.6 is 11.3 Å². The minimum atomic E-state index is -3.58. The van der Waals surface area contributed by atoms with Gasteiger partial charge in [0.25, 0.3) is 10.0 Å². The Morgan fingerprint density at radius 3 is 2.91 bits per heavy atom. The predicted molar refractivity (Wildman–Crippen MR) is 84.8 cm³/mol. The van der Waals surface area contributed by atoms with Gasteiger partial charge in [0.1, 0.15) is 10.3 Å². The molecule has 22 heavy (non-hydrogen) atoms. The Bertz CT molecular complexity index is 800. The number of sulfonamides is 1. The van der Waals surface area contributed by atoms with Gasteiger partial charge in [-0.05, 0) is 42.1 Å². The van der Waals surface area contributed by atoms with Gasteiger partial charge >= 0.3 is 6.09 Å². The Labute approximate surface area is 132 Å². The van der Waals surface area contributed by atoms with Crippen LogP contribution in [0, 0.1) is 0 Å². The van der Waals surface area contributed by atoms with Crippen LogP contribution in [0.5, 0.6) is 0 Å². The fourth-order valence-corrected chi connectivity index (χ4v) is 4.29. The highest BCUT2D eigenvalue weighted by Crippen LogP contribution is 2.27. The van der Waals surface area contributed by atoms with Gasteiger partial charge in [-0.1, -0.05) is 6.07 Å². The van der Waals surface area contributed by atoms with Gasteiger partial charge < -0.3 is 4.74 Å². The van der Waals surface area contributed by atoms with E-state index in [4.69, 9.17) is 4.74 Å². The average Bonchev–Trinajstić information content (AvgIpc) is 2.91. The molecule has 1 atom stereocenters. The number of rotatable bonds is 3.